The first-order chi connectivity index (χ1) is 9.15. The Balaban J connectivity index is 1.95. The Morgan fingerprint density at radius 1 is 1.42 bits per heavy atom. The molecule has 0 amide bonds. The Kier molecular flexibility index (Phi) is 5.68. The number of benzene rings is 1. The van der Waals surface area contributed by atoms with Crippen LogP contribution in [0.1, 0.15) is 44.6 Å². The zero-order chi connectivity index (χ0) is 13.7. The van der Waals surface area contributed by atoms with Crippen molar-refractivity contribution in [3.05, 3.63) is 34.9 Å². The van der Waals surface area contributed by atoms with Gasteiger partial charge in [0, 0.05) is 23.7 Å². The minimum atomic E-state index is 0.315. The maximum atomic E-state index is 6.07. The Hall–Kier alpha value is -0.570. The monoisotopic (exact) mass is 280 g/mol. The molecule has 2 atom stereocenters. The number of hydrogen-bond donors (Lipinski definition) is 1. The number of piperidine rings is 1. The lowest BCUT2D eigenvalue weighted by Crippen LogP contribution is -2.39. The molecule has 2 N–H and O–H groups in total. The molecule has 2 nitrogen and oxygen atoms in total. The zero-order valence-corrected chi connectivity index (χ0v) is 12.6. The van der Waals surface area contributed by atoms with E-state index in [0.717, 1.165) is 18.0 Å². The molecule has 1 aromatic rings. The minimum Gasteiger partial charge on any atom is -0.328 e. The van der Waals surface area contributed by atoms with E-state index in [2.05, 4.69) is 24.0 Å². The van der Waals surface area contributed by atoms with Crippen molar-refractivity contribution in [2.45, 2.75) is 57.7 Å². The summed E-state index contributed by atoms with van der Waals surface area (Å²) >= 11 is 6.07. The number of nitrogens with two attached hydrogens (primary N) is 1. The van der Waals surface area contributed by atoms with Gasteiger partial charge in [-0.05, 0) is 56.8 Å². The van der Waals surface area contributed by atoms with Crippen molar-refractivity contribution in [3.63, 3.8) is 0 Å². The molecule has 0 aliphatic carbocycles. The van der Waals surface area contributed by atoms with Gasteiger partial charge in [-0.25, -0.2) is 0 Å². The van der Waals surface area contributed by atoms with Crippen LogP contribution in [0, 0.1) is 0 Å². The van der Waals surface area contributed by atoms with Crippen LogP contribution in [0.2, 0.25) is 5.02 Å². The average Bonchev–Trinajstić information content (AvgIpc) is 2.38. The van der Waals surface area contributed by atoms with E-state index in [1.165, 1.54) is 37.8 Å². The van der Waals surface area contributed by atoms with E-state index >= 15 is 0 Å². The summed E-state index contributed by atoms with van der Waals surface area (Å²) in [4.78, 5) is 2.61. The van der Waals surface area contributed by atoms with Gasteiger partial charge in [0.05, 0.1) is 0 Å². The maximum absolute atomic E-state index is 6.07. The van der Waals surface area contributed by atoms with Crippen molar-refractivity contribution in [3.8, 4) is 0 Å². The highest BCUT2D eigenvalue weighted by molar-refractivity contribution is 6.30. The van der Waals surface area contributed by atoms with E-state index in [9.17, 15) is 0 Å². The summed E-state index contributed by atoms with van der Waals surface area (Å²) in [6.07, 6.45) is 6.33. The minimum absolute atomic E-state index is 0.315. The van der Waals surface area contributed by atoms with E-state index in [-0.39, 0.29) is 0 Å². The summed E-state index contributed by atoms with van der Waals surface area (Å²) in [5.74, 6) is 0. The van der Waals surface area contributed by atoms with Crippen molar-refractivity contribution in [1.29, 1.82) is 0 Å². The second-order valence-corrected chi connectivity index (χ2v) is 6.24. The Morgan fingerprint density at radius 2 is 2.26 bits per heavy atom. The third-order valence-electron chi connectivity index (χ3n) is 3.98. The second-order valence-electron chi connectivity index (χ2n) is 5.80. The lowest BCUT2D eigenvalue weighted by Gasteiger charge is -2.36. The molecular formula is C16H25ClN2. The molecule has 1 aliphatic heterocycles. The largest absolute Gasteiger partial charge is 0.328 e. The summed E-state index contributed by atoms with van der Waals surface area (Å²) < 4.78 is 0. The summed E-state index contributed by atoms with van der Waals surface area (Å²) in [7, 11) is 0. The number of hydrogen-bond acceptors (Lipinski definition) is 2. The van der Waals surface area contributed by atoms with Crippen LogP contribution < -0.4 is 5.73 Å². The van der Waals surface area contributed by atoms with Gasteiger partial charge in [-0.3, -0.25) is 4.90 Å². The highest BCUT2D eigenvalue weighted by Gasteiger charge is 2.22. The fourth-order valence-corrected chi connectivity index (χ4v) is 3.13. The lowest BCUT2D eigenvalue weighted by atomic mass is 9.96. The predicted octanol–water partition coefficient (Wildman–Crippen LogP) is 3.82. The van der Waals surface area contributed by atoms with Crippen molar-refractivity contribution >= 4 is 11.6 Å². The van der Waals surface area contributed by atoms with Crippen LogP contribution in [-0.4, -0.2) is 23.5 Å². The fraction of sp³-hybridized carbons (Fsp3) is 0.625. The van der Waals surface area contributed by atoms with Crippen LogP contribution in [-0.2, 0) is 6.54 Å². The third-order valence-corrected chi connectivity index (χ3v) is 4.21. The SMILES string of the molecule is CC(N)CCC1CCCCN1Cc1cccc(Cl)c1. The first kappa shape index (κ1) is 14.8. The normalized spacial score (nSPS) is 22.4. The molecular weight excluding hydrogens is 256 g/mol. The van der Waals surface area contributed by atoms with Crippen molar-refractivity contribution in [2.24, 2.45) is 5.73 Å². The molecule has 1 heterocycles. The molecule has 1 aliphatic rings. The molecule has 19 heavy (non-hydrogen) atoms. The highest BCUT2D eigenvalue weighted by atomic mass is 35.5. The van der Waals surface area contributed by atoms with Crippen molar-refractivity contribution in [1.82, 2.24) is 4.90 Å². The molecule has 1 saturated heterocycles. The summed E-state index contributed by atoms with van der Waals surface area (Å²) in [5.41, 5.74) is 7.21. The predicted molar refractivity (Wildman–Crippen MR) is 82.4 cm³/mol. The van der Waals surface area contributed by atoms with Gasteiger partial charge < -0.3 is 5.73 Å². The molecule has 3 heteroatoms. The number of nitrogens with zero attached hydrogens (tertiary/aromatic N) is 1. The van der Waals surface area contributed by atoms with Gasteiger partial charge in [0.15, 0.2) is 0 Å². The molecule has 1 fully saturated rings. The topological polar surface area (TPSA) is 29.3 Å². The van der Waals surface area contributed by atoms with Crippen molar-refractivity contribution in [2.75, 3.05) is 6.54 Å². The second kappa shape index (κ2) is 7.28. The van der Waals surface area contributed by atoms with Crippen molar-refractivity contribution < 1.29 is 0 Å². The van der Waals surface area contributed by atoms with Crippen LogP contribution in [0.4, 0.5) is 0 Å². The first-order valence-electron chi connectivity index (χ1n) is 7.39. The van der Waals surface area contributed by atoms with Crippen LogP contribution in [0.25, 0.3) is 0 Å². The third kappa shape index (κ3) is 4.79. The maximum Gasteiger partial charge on any atom is 0.0409 e. The van der Waals surface area contributed by atoms with Crippen LogP contribution in [0.5, 0.6) is 0 Å². The van der Waals surface area contributed by atoms with E-state index in [1.54, 1.807) is 0 Å². The van der Waals surface area contributed by atoms with Gasteiger partial charge in [-0.2, -0.15) is 0 Å². The van der Waals surface area contributed by atoms with Crippen LogP contribution in [0.15, 0.2) is 24.3 Å². The molecule has 0 bridgehead atoms. The number of halogens is 1. The molecule has 0 spiro atoms. The van der Waals surface area contributed by atoms with Gasteiger partial charge >= 0.3 is 0 Å². The molecule has 0 aromatic heterocycles. The van der Waals surface area contributed by atoms with Crippen LogP contribution in [0.3, 0.4) is 0 Å². The summed E-state index contributed by atoms with van der Waals surface area (Å²) in [6.45, 7) is 4.32. The Bertz CT molecular complexity index is 392. The Labute approximate surface area is 121 Å². The van der Waals surface area contributed by atoms with Gasteiger partial charge in [-0.1, -0.05) is 30.2 Å². The smallest absolute Gasteiger partial charge is 0.0409 e. The van der Waals surface area contributed by atoms with E-state index in [4.69, 9.17) is 17.3 Å². The van der Waals surface area contributed by atoms with Crippen LogP contribution >= 0.6 is 11.6 Å². The summed E-state index contributed by atoms with van der Waals surface area (Å²) in [5, 5.41) is 0.835. The first-order valence-corrected chi connectivity index (χ1v) is 7.77. The molecule has 2 unspecified atom stereocenters. The standard InChI is InChI=1S/C16H25ClN2/c1-13(18)8-9-16-7-2-3-10-19(16)12-14-5-4-6-15(17)11-14/h4-6,11,13,16H,2-3,7-10,12,18H2,1H3. The zero-order valence-electron chi connectivity index (χ0n) is 11.8. The lowest BCUT2D eigenvalue weighted by molar-refractivity contribution is 0.129. The number of rotatable bonds is 5. The van der Waals surface area contributed by atoms with E-state index in [0.29, 0.717) is 12.1 Å². The molecule has 1 aromatic carbocycles. The van der Waals surface area contributed by atoms with E-state index in [1.807, 2.05) is 12.1 Å². The van der Waals surface area contributed by atoms with Gasteiger partial charge in [0.25, 0.3) is 0 Å². The average molecular weight is 281 g/mol. The Morgan fingerprint density at radius 3 is 3.00 bits per heavy atom. The van der Waals surface area contributed by atoms with E-state index < -0.39 is 0 Å². The summed E-state index contributed by atoms with van der Waals surface area (Å²) in [6, 6.07) is 9.24. The molecule has 0 radical (unpaired) electrons. The van der Waals surface area contributed by atoms with Gasteiger partial charge in [0.2, 0.25) is 0 Å². The fourth-order valence-electron chi connectivity index (χ4n) is 2.92. The highest BCUT2D eigenvalue weighted by Crippen LogP contribution is 2.24. The molecule has 2 rings (SSSR count). The molecule has 106 valence electrons. The van der Waals surface area contributed by atoms with Gasteiger partial charge in [0.1, 0.15) is 0 Å². The van der Waals surface area contributed by atoms with Gasteiger partial charge in [-0.15, -0.1) is 0 Å². The molecule has 0 saturated carbocycles. The number of likely N-dealkylation sites (tertiary alicyclic amines) is 1. The quantitative estimate of drug-likeness (QED) is 0.888.